The first-order chi connectivity index (χ1) is 20.1. The topological polar surface area (TPSA) is 0 Å². The Kier molecular flexibility index (Phi) is 11.4. The van der Waals surface area contributed by atoms with Gasteiger partial charge >= 0.3 is 26.2 Å². The Bertz CT molecular complexity index is 1830. The summed E-state index contributed by atoms with van der Waals surface area (Å²) in [6, 6.07) is 35.8. The summed E-state index contributed by atoms with van der Waals surface area (Å²) in [5.41, 5.74) is 17.2. The number of hydrogen-bond donors (Lipinski definition) is 0. The predicted molar refractivity (Wildman–Crippen MR) is 177 cm³/mol. The van der Waals surface area contributed by atoms with Crippen LogP contribution >= 0.6 is 0 Å². The van der Waals surface area contributed by atoms with Crippen LogP contribution in [-0.4, -0.2) is 9.52 Å². The Morgan fingerprint density at radius 3 is 2.20 bits per heavy atom. The molecule has 1 atom stereocenters. The molecule has 0 heterocycles. The molecule has 8 rings (SSSR count). The van der Waals surface area contributed by atoms with Crippen LogP contribution in [0.1, 0.15) is 65.1 Å². The third-order valence-corrected chi connectivity index (χ3v) is 9.06. The first-order valence-electron chi connectivity index (χ1n) is 15.2. The van der Waals surface area contributed by atoms with Crippen molar-refractivity contribution >= 4 is 26.4 Å². The van der Waals surface area contributed by atoms with E-state index in [2.05, 4.69) is 124 Å². The molecule has 0 fully saturated rings. The Morgan fingerprint density at radius 2 is 1.43 bits per heavy atom. The molecule has 3 aliphatic carbocycles. The maximum absolute atomic E-state index is 3.76. The molecule has 219 valence electrons. The van der Waals surface area contributed by atoms with Gasteiger partial charge in [0, 0.05) is 15.4 Å². The van der Waals surface area contributed by atoms with E-state index in [1.165, 1.54) is 90.4 Å². The third kappa shape index (κ3) is 5.89. The SMILES string of the molecule is CC(C)CC1=Cc2c(-c3ccc4c5c(cccc35)CC4)cccc2C1c1[c-]ccc2c1Cc1ccccc1-2.C[Si]C.[Cl-].[Cl-].[Zr+3]. The second-order valence-electron chi connectivity index (χ2n) is 12.3. The summed E-state index contributed by atoms with van der Waals surface area (Å²) < 4.78 is 0. The van der Waals surface area contributed by atoms with Crippen LogP contribution in [-0.2, 0) is 45.5 Å². The maximum atomic E-state index is 3.76. The molecule has 3 radical (unpaired) electrons. The molecular weight excluding hydrogens is 671 g/mol. The summed E-state index contributed by atoms with van der Waals surface area (Å²) in [6.45, 7) is 9.00. The van der Waals surface area contributed by atoms with Crippen LogP contribution in [0.5, 0.6) is 0 Å². The molecule has 0 saturated heterocycles. The fourth-order valence-electron chi connectivity index (χ4n) is 7.55. The zero-order chi connectivity index (χ0) is 28.1. The van der Waals surface area contributed by atoms with Gasteiger partial charge in [-0.3, -0.25) is 0 Å². The molecule has 0 amide bonds. The van der Waals surface area contributed by atoms with E-state index in [4.69, 9.17) is 0 Å². The Morgan fingerprint density at radius 1 is 0.750 bits per heavy atom. The minimum absolute atomic E-state index is 0. The normalized spacial score (nSPS) is 14.8. The quantitative estimate of drug-likeness (QED) is 0.189. The molecule has 0 aliphatic heterocycles. The van der Waals surface area contributed by atoms with Gasteiger partial charge in [0.25, 0.3) is 0 Å². The molecule has 0 saturated carbocycles. The number of halogens is 2. The number of benzene rings is 5. The van der Waals surface area contributed by atoms with E-state index in [0.29, 0.717) is 5.92 Å². The molecule has 0 bridgehead atoms. The van der Waals surface area contributed by atoms with Crippen molar-refractivity contribution in [1.29, 1.82) is 0 Å². The largest absolute Gasteiger partial charge is 3.00 e. The molecule has 44 heavy (non-hydrogen) atoms. The van der Waals surface area contributed by atoms with Gasteiger partial charge in [-0.15, -0.1) is 16.7 Å². The van der Waals surface area contributed by atoms with E-state index in [9.17, 15) is 0 Å². The summed E-state index contributed by atoms with van der Waals surface area (Å²) in [5.74, 6) is 0.876. The average molecular weight is 708 g/mol. The summed E-state index contributed by atoms with van der Waals surface area (Å²) in [5, 5.41) is 2.91. The fourth-order valence-corrected chi connectivity index (χ4v) is 7.55. The van der Waals surface area contributed by atoms with Gasteiger partial charge in [0.1, 0.15) is 0 Å². The van der Waals surface area contributed by atoms with Gasteiger partial charge in [-0.25, -0.2) is 0 Å². The van der Waals surface area contributed by atoms with Crippen molar-refractivity contribution in [3.8, 4) is 22.3 Å². The van der Waals surface area contributed by atoms with Gasteiger partial charge in [-0.2, -0.15) is 18.2 Å². The zero-order valence-electron chi connectivity index (χ0n) is 25.9. The number of aryl methyl sites for hydroxylation is 2. The summed E-state index contributed by atoms with van der Waals surface area (Å²) in [4.78, 5) is 0. The van der Waals surface area contributed by atoms with Crippen molar-refractivity contribution < 1.29 is 51.0 Å². The molecule has 3 aliphatic rings. The molecule has 0 aromatic heterocycles. The van der Waals surface area contributed by atoms with Crippen LogP contribution in [0, 0.1) is 12.0 Å². The van der Waals surface area contributed by atoms with Crippen molar-refractivity contribution in [3.63, 3.8) is 0 Å². The summed E-state index contributed by atoms with van der Waals surface area (Å²) in [7, 11) is 1.08. The van der Waals surface area contributed by atoms with E-state index >= 15 is 0 Å². The number of hydrogen-bond acceptors (Lipinski definition) is 0. The summed E-state index contributed by atoms with van der Waals surface area (Å²) in [6.07, 6.45) is 6.98. The molecule has 5 aromatic rings. The van der Waals surface area contributed by atoms with Crippen LogP contribution < -0.4 is 24.8 Å². The minimum Gasteiger partial charge on any atom is -1.00 e. The van der Waals surface area contributed by atoms with E-state index in [1.54, 1.807) is 0 Å². The van der Waals surface area contributed by atoms with Gasteiger partial charge in [0.2, 0.25) is 0 Å². The van der Waals surface area contributed by atoms with Gasteiger partial charge in [0.15, 0.2) is 0 Å². The van der Waals surface area contributed by atoms with E-state index in [0.717, 1.165) is 22.4 Å². The number of rotatable bonds is 4. The second kappa shape index (κ2) is 14.5. The number of fused-ring (bicyclic) bond motifs is 4. The Hall–Kier alpha value is -2.22. The first kappa shape index (κ1) is 34.6. The van der Waals surface area contributed by atoms with Crippen LogP contribution in [0.25, 0.3) is 39.1 Å². The van der Waals surface area contributed by atoms with Crippen LogP contribution in [0.15, 0.2) is 90.5 Å². The molecule has 4 heteroatoms. The van der Waals surface area contributed by atoms with Gasteiger partial charge in [-0.05, 0) is 86.9 Å². The van der Waals surface area contributed by atoms with Crippen molar-refractivity contribution in [3.05, 3.63) is 136 Å². The van der Waals surface area contributed by atoms with Crippen molar-refractivity contribution in [1.82, 2.24) is 0 Å². The van der Waals surface area contributed by atoms with Crippen molar-refractivity contribution in [2.45, 2.75) is 58.5 Å². The van der Waals surface area contributed by atoms with Crippen molar-refractivity contribution in [2.75, 3.05) is 0 Å². The molecule has 0 N–H and O–H groups in total. The second-order valence-corrected chi connectivity index (χ2v) is 13.3. The van der Waals surface area contributed by atoms with E-state index in [-0.39, 0.29) is 56.9 Å². The van der Waals surface area contributed by atoms with E-state index < -0.39 is 0 Å². The molecule has 0 nitrogen and oxygen atoms in total. The van der Waals surface area contributed by atoms with E-state index in [1.807, 2.05) is 0 Å². The Labute approximate surface area is 297 Å². The minimum atomic E-state index is 0. The third-order valence-electron chi connectivity index (χ3n) is 9.06. The molecule has 0 spiro atoms. The Balaban J connectivity index is 0.000000710. The average Bonchev–Trinajstić information content (AvgIpc) is 3.67. The van der Waals surface area contributed by atoms with Gasteiger partial charge in [0.05, 0.1) is 0 Å². The molecular formula is C40H37Cl2SiZr. The maximum Gasteiger partial charge on any atom is 3.00 e. The van der Waals surface area contributed by atoms with Crippen LogP contribution in [0.3, 0.4) is 0 Å². The standard InChI is InChI=1S/C38H31.C2H6Si.2ClH.Zr/c1-23(2)20-27-22-36-30(31-19-18-25-17-16-24-9-5-13-32(31)37(24)25)12-7-15-34(36)38(27)33-14-6-11-29-28-10-4-3-8-26(28)21-35(29)33;1-3-2;;;/h3-13,15,18-19,22-23,38H,16-17,20-21H2,1-2H3;1-2H3;2*1H;/q-1;;;;+3/p-2. The summed E-state index contributed by atoms with van der Waals surface area (Å²) >= 11 is 0. The first-order valence-corrected chi connectivity index (χ1v) is 17.2. The number of allylic oxidation sites excluding steroid dienone is 1. The molecule has 5 aromatic carbocycles. The fraction of sp³-hybridized carbons (Fsp3) is 0.250. The zero-order valence-corrected chi connectivity index (χ0v) is 30.9. The van der Waals surface area contributed by atoms with Gasteiger partial charge in [-0.1, -0.05) is 111 Å². The van der Waals surface area contributed by atoms with Gasteiger partial charge < -0.3 is 24.8 Å². The van der Waals surface area contributed by atoms with Crippen LogP contribution in [0.2, 0.25) is 13.1 Å². The van der Waals surface area contributed by atoms with Crippen LogP contribution in [0.4, 0.5) is 0 Å². The molecule has 1 unspecified atom stereocenters. The van der Waals surface area contributed by atoms with Crippen molar-refractivity contribution in [2.24, 2.45) is 5.92 Å². The predicted octanol–water partition coefficient (Wildman–Crippen LogP) is 4.34. The smallest absolute Gasteiger partial charge is 1.00 e. The monoisotopic (exact) mass is 705 g/mol.